The van der Waals surface area contributed by atoms with E-state index >= 15 is 0 Å². The number of rotatable bonds is 1. The van der Waals surface area contributed by atoms with Gasteiger partial charge in [-0.2, -0.15) is 0 Å². The van der Waals surface area contributed by atoms with Crippen molar-refractivity contribution in [3.8, 4) is 0 Å². The summed E-state index contributed by atoms with van der Waals surface area (Å²) in [5.74, 6) is 0. The molecule has 0 saturated heterocycles. The van der Waals surface area contributed by atoms with Crippen LogP contribution in [0.5, 0.6) is 0 Å². The van der Waals surface area contributed by atoms with Crippen molar-refractivity contribution in [1.82, 2.24) is 0 Å². The van der Waals surface area contributed by atoms with Gasteiger partial charge in [-0.15, -0.1) is 0 Å². The lowest BCUT2D eigenvalue weighted by molar-refractivity contribution is 0.426. The van der Waals surface area contributed by atoms with Gasteiger partial charge in [0.25, 0.3) is 0 Å². The van der Waals surface area contributed by atoms with Crippen LogP contribution >= 0.6 is 0 Å². The highest BCUT2D eigenvalue weighted by molar-refractivity contribution is 6.59. The first-order valence-electron chi connectivity index (χ1n) is 7.26. The average Bonchev–Trinajstić information content (AvgIpc) is 2.54. The number of hydrogen-bond acceptors (Lipinski definition) is 2. The maximum absolute atomic E-state index is 9.44. The Balaban J connectivity index is 2.30. The van der Waals surface area contributed by atoms with Gasteiger partial charge in [-0.05, 0) is 50.3 Å². The van der Waals surface area contributed by atoms with Crippen LogP contribution in [0.25, 0.3) is 33.7 Å². The van der Waals surface area contributed by atoms with Crippen LogP contribution in [0.4, 0.5) is 0 Å². The number of fused-ring (bicyclic) bond motifs is 6. The van der Waals surface area contributed by atoms with Crippen molar-refractivity contribution in [3.05, 3.63) is 52.9 Å². The van der Waals surface area contributed by atoms with E-state index in [2.05, 4.69) is 36.4 Å². The average molecular weight is 274 g/mol. The summed E-state index contributed by atoms with van der Waals surface area (Å²) >= 11 is 0. The smallest absolute Gasteiger partial charge is 0.423 e. The molecule has 0 aliphatic heterocycles. The molecular formula is C18H15BO2. The van der Waals surface area contributed by atoms with E-state index in [9.17, 15) is 10.0 Å². The van der Waals surface area contributed by atoms with E-state index in [-0.39, 0.29) is 0 Å². The Kier molecular flexibility index (Phi) is 2.84. The summed E-state index contributed by atoms with van der Waals surface area (Å²) in [5, 5.41) is 26.1. The predicted octanol–water partition coefficient (Wildman–Crippen LogP) is 1.03. The van der Waals surface area contributed by atoms with E-state index in [1.54, 1.807) is 6.07 Å². The van der Waals surface area contributed by atoms with Gasteiger partial charge in [0.15, 0.2) is 0 Å². The topological polar surface area (TPSA) is 40.5 Å². The molecule has 0 heterocycles. The molecule has 0 amide bonds. The van der Waals surface area contributed by atoms with Crippen LogP contribution < -0.4 is 15.9 Å². The first-order valence-corrected chi connectivity index (χ1v) is 7.26. The third-order valence-electron chi connectivity index (χ3n) is 4.29. The summed E-state index contributed by atoms with van der Waals surface area (Å²) in [6, 6.07) is 14.1. The predicted molar refractivity (Wildman–Crippen MR) is 88.7 cm³/mol. The number of hydrogen-bond donors (Lipinski definition) is 2. The van der Waals surface area contributed by atoms with E-state index in [0.29, 0.717) is 5.46 Å². The lowest BCUT2D eigenvalue weighted by Crippen LogP contribution is -2.33. The molecule has 3 aromatic carbocycles. The molecule has 3 heteroatoms. The Morgan fingerprint density at radius 1 is 0.714 bits per heavy atom. The maximum Gasteiger partial charge on any atom is 0.488 e. The fourth-order valence-corrected chi connectivity index (χ4v) is 3.32. The monoisotopic (exact) mass is 274 g/mol. The van der Waals surface area contributed by atoms with Crippen molar-refractivity contribution in [2.45, 2.75) is 12.8 Å². The first kappa shape index (κ1) is 12.6. The van der Waals surface area contributed by atoms with Crippen LogP contribution in [0.3, 0.4) is 0 Å². The van der Waals surface area contributed by atoms with Crippen molar-refractivity contribution < 1.29 is 10.0 Å². The molecule has 102 valence electrons. The molecule has 21 heavy (non-hydrogen) atoms. The Morgan fingerprint density at radius 2 is 1.33 bits per heavy atom. The molecule has 0 radical (unpaired) electrons. The zero-order chi connectivity index (χ0) is 14.4. The third-order valence-corrected chi connectivity index (χ3v) is 4.29. The van der Waals surface area contributed by atoms with Crippen LogP contribution in [0, 0.1) is 0 Å². The van der Waals surface area contributed by atoms with Crippen LogP contribution in [0.2, 0.25) is 0 Å². The minimum absolute atomic E-state index is 0.541. The van der Waals surface area contributed by atoms with Crippen LogP contribution in [0.1, 0.15) is 12.8 Å². The second kappa shape index (κ2) is 4.73. The van der Waals surface area contributed by atoms with Crippen molar-refractivity contribution in [1.29, 1.82) is 0 Å². The van der Waals surface area contributed by atoms with E-state index < -0.39 is 7.12 Å². The Labute approximate surface area is 122 Å². The van der Waals surface area contributed by atoms with Gasteiger partial charge in [-0.3, -0.25) is 0 Å². The molecule has 4 rings (SSSR count). The van der Waals surface area contributed by atoms with Gasteiger partial charge < -0.3 is 10.0 Å². The molecule has 3 aromatic rings. The van der Waals surface area contributed by atoms with Gasteiger partial charge in [0.2, 0.25) is 0 Å². The maximum atomic E-state index is 9.44. The normalized spacial score (nSPS) is 13.6. The molecule has 0 spiro atoms. The van der Waals surface area contributed by atoms with Crippen molar-refractivity contribution in [2.75, 3.05) is 0 Å². The highest BCUT2D eigenvalue weighted by Crippen LogP contribution is 2.20. The highest BCUT2D eigenvalue weighted by Gasteiger charge is 2.13. The zero-order valence-corrected chi connectivity index (χ0v) is 11.6. The first-order chi connectivity index (χ1) is 10.3. The van der Waals surface area contributed by atoms with Gasteiger partial charge in [0.1, 0.15) is 0 Å². The summed E-state index contributed by atoms with van der Waals surface area (Å²) < 4.78 is 0. The quantitative estimate of drug-likeness (QED) is 0.514. The van der Waals surface area contributed by atoms with Gasteiger partial charge >= 0.3 is 7.12 Å². The Morgan fingerprint density at radius 3 is 2.05 bits per heavy atom. The summed E-state index contributed by atoms with van der Waals surface area (Å²) in [4.78, 5) is 0. The molecule has 1 aliphatic rings. The van der Waals surface area contributed by atoms with Gasteiger partial charge in [-0.25, -0.2) is 0 Å². The standard InChI is InChI=1S/C18H15BO2/c20-19(21)12-9-10-17-15-7-2-1-5-13(15)14-6-3-4-8-16(14)18(17)11-12/h1-2,5-11,20-21H,3-4H2. The minimum Gasteiger partial charge on any atom is -0.423 e. The highest BCUT2D eigenvalue weighted by atomic mass is 16.4. The van der Waals surface area contributed by atoms with Crippen molar-refractivity contribution >= 4 is 46.3 Å². The lowest BCUT2D eigenvalue weighted by atomic mass is 9.78. The summed E-state index contributed by atoms with van der Waals surface area (Å²) in [6.45, 7) is 0. The summed E-state index contributed by atoms with van der Waals surface area (Å²) in [6.07, 6.45) is 6.65. The SMILES string of the molecule is OB(O)c1ccc2c(c1)c1c(c3ccccc32)=CCCC=1. The zero-order valence-electron chi connectivity index (χ0n) is 11.6. The fraction of sp³-hybridized carbons (Fsp3) is 0.111. The second-order valence-electron chi connectivity index (χ2n) is 5.54. The summed E-state index contributed by atoms with van der Waals surface area (Å²) in [7, 11) is -1.43. The van der Waals surface area contributed by atoms with Gasteiger partial charge in [0.05, 0.1) is 0 Å². The number of benzene rings is 3. The fourth-order valence-electron chi connectivity index (χ4n) is 3.32. The van der Waals surface area contributed by atoms with Gasteiger partial charge in [0, 0.05) is 0 Å². The molecular weight excluding hydrogens is 259 g/mol. The Hall–Kier alpha value is -2.10. The third kappa shape index (κ3) is 1.89. The Bertz CT molecular complexity index is 974. The van der Waals surface area contributed by atoms with E-state index in [0.717, 1.165) is 18.2 Å². The molecule has 0 unspecified atom stereocenters. The molecule has 1 aliphatic carbocycles. The second-order valence-corrected chi connectivity index (χ2v) is 5.54. The summed E-state index contributed by atoms with van der Waals surface area (Å²) in [5.41, 5.74) is 0.541. The van der Waals surface area contributed by atoms with Crippen molar-refractivity contribution in [2.24, 2.45) is 0 Å². The van der Waals surface area contributed by atoms with Crippen molar-refractivity contribution in [3.63, 3.8) is 0 Å². The van der Waals surface area contributed by atoms with E-state index in [4.69, 9.17) is 0 Å². The molecule has 0 bridgehead atoms. The minimum atomic E-state index is -1.43. The molecule has 0 atom stereocenters. The van der Waals surface area contributed by atoms with Gasteiger partial charge in [-0.1, -0.05) is 54.6 Å². The molecule has 0 fully saturated rings. The van der Waals surface area contributed by atoms with E-state index in [1.807, 2.05) is 12.1 Å². The largest absolute Gasteiger partial charge is 0.488 e. The van der Waals surface area contributed by atoms with Crippen LogP contribution in [-0.2, 0) is 0 Å². The van der Waals surface area contributed by atoms with Crippen LogP contribution in [0.15, 0.2) is 42.5 Å². The molecule has 2 N–H and O–H groups in total. The molecule has 0 aromatic heterocycles. The molecule has 0 saturated carbocycles. The lowest BCUT2D eigenvalue weighted by Gasteiger charge is -2.11. The van der Waals surface area contributed by atoms with E-state index in [1.165, 1.54) is 26.6 Å². The molecule has 2 nitrogen and oxygen atoms in total. The van der Waals surface area contributed by atoms with Crippen LogP contribution in [-0.4, -0.2) is 17.2 Å².